The highest BCUT2D eigenvalue weighted by molar-refractivity contribution is 5.80. The summed E-state index contributed by atoms with van der Waals surface area (Å²) >= 11 is 0. The molecule has 3 aromatic rings. The van der Waals surface area contributed by atoms with Gasteiger partial charge < -0.3 is 25.9 Å². The molecule has 0 spiro atoms. The minimum absolute atomic E-state index is 0.137. The molecule has 0 aliphatic heterocycles. The molecule has 0 fully saturated rings. The van der Waals surface area contributed by atoms with E-state index in [1.54, 1.807) is 35.4 Å². The summed E-state index contributed by atoms with van der Waals surface area (Å²) in [6, 6.07) is 7.23. The first kappa shape index (κ1) is 27.5. The number of hydroxylamine groups is 1. The van der Waals surface area contributed by atoms with Crippen LogP contribution in [-0.2, 0) is 40.8 Å². The van der Waals surface area contributed by atoms with E-state index in [0.29, 0.717) is 35.8 Å². The van der Waals surface area contributed by atoms with Crippen LogP contribution in [0.25, 0.3) is 11.0 Å². The van der Waals surface area contributed by atoms with Crippen molar-refractivity contribution in [2.24, 2.45) is 23.7 Å². The van der Waals surface area contributed by atoms with Crippen molar-refractivity contribution in [2.75, 3.05) is 13.2 Å². The van der Waals surface area contributed by atoms with Crippen LogP contribution >= 0.6 is 0 Å². The molecule has 1 unspecified atom stereocenters. The Bertz CT molecular complexity index is 1300. The second-order valence-electron chi connectivity index (χ2n) is 8.31. The molecule has 0 saturated carbocycles. The number of nitrogens with one attached hydrogen (secondary N) is 1. The first-order valence-electron chi connectivity index (χ1n) is 12.0. The average molecular weight is 515 g/mol. The number of fused-ring (bicyclic) bond motifs is 1. The van der Waals surface area contributed by atoms with Gasteiger partial charge in [-0.3, -0.25) is 14.0 Å². The summed E-state index contributed by atoms with van der Waals surface area (Å²) in [5.41, 5.74) is 10.2. The maximum absolute atomic E-state index is 13.1. The number of hydrogen-bond acceptors (Lipinski definition) is 9. The average Bonchev–Trinajstić information content (AvgIpc) is 3.19. The van der Waals surface area contributed by atoms with Crippen LogP contribution in [0.2, 0.25) is 0 Å². The normalized spacial score (nSPS) is 12.5. The highest BCUT2D eigenvalue weighted by Crippen LogP contribution is 2.17. The molecule has 0 aliphatic rings. The van der Waals surface area contributed by atoms with Gasteiger partial charge in [0.05, 0.1) is 12.2 Å². The molecule has 0 saturated heterocycles. The second-order valence-corrected chi connectivity index (χ2v) is 8.31. The Kier molecular flexibility index (Phi) is 9.44. The number of carbonyl (C=O) groups excluding carboxylic acids is 1. The lowest BCUT2D eigenvalue weighted by molar-refractivity contribution is -0.161. The van der Waals surface area contributed by atoms with Crippen molar-refractivity contribution in [1.82, 2.24) is 24.8 Å². The van der Waals surface area contributed by atoms with Gasteiger partial charge in [-0.1, -0.05) is 25.5 Å². The van der Waals surface area contributed by atoms with E-state index in [9.17, 15) is 9.59 Å². The van der Waals surface area contributed by atoms with E-state index >= 15 is 0 Å². The minimum atomic E-state index is -0.850. The highest BCUT2D eigenvalue weighted by atomic mass is 16.7. The topological polar surface area (TPSA) is 174 Å². The molecule has 5 N–H and O–H groups in total. The predicted octanol–water partition coefficient (Wildman–Crippen LogP) is 0.654. The summed E-state index contributed by atoms with van der Waals surface area (Å²) in [7, 11) is 1.76. The number of guanidine groups is 1. The van der Waals surface area contributed by atoms with E-state index in [-0.39, 0.29) is 24.5 Å². The quantitative estimate of drug-likeness (QED) is 0.143. The number of rotatable bonds is 11. The van der Waals surface area contributed by atoms with Crippen LogP contribution in [-0.4, -0.2) is 50.6 Å². The van der Waals surface area contributed by atoms with Crippen molar-refractivity contribution in [2.45, 2.75) is 52.7 Å². The number of carbonyl (C=O) groups is 1. The second kappa shape index (κ2) is 12.7. The Labute approximate surface area is 214 Å². The highest BCUT2D eigenvalue weighted by Gasteiger charge is 2.22. The molecule has 13 heteroatoms. The maximum atomic E-state index is 13.1. The van der Waals surface area contributed by atoms with E-state index < -0.39 is 12.1 Å². The van der Waals surface area contributed by atoms with Gasteiger partial charge in [0.1, 0.15) is 23.7 Å². The molecule has 0 radical (unpaired) electrons. The van der Waals surface area contributed by atoms with Crippen LogP contribution < -0.4 is 27.4 Å². The SMILES string of the molecule is CCCc1nn(C)c2c(=O)n(CCOc3ccc(CC(OCC)C(=O)ONC(N)=NN)cc3)c(C)nc12. The molecular formula is C24H34N8O5. The van der Waals surface area contributed by atoms with Crippen LogP contribution in [0, 0.1) is 6.92 Å². The van der Waals surface area contributed by atoms with Crippen molar-refractivity contribution in [3.05, 3.63) is 51.7 Å². The number of nitrogens with zero attached hydrogens (tertiary/aromatic N) is 5. The zero-order valence-electron chi connectivity index (χ0n) is 21.6. The lowest BCUT2D eigenvalue weighted by Gasteiger charge is -2.16. The summed E-state index contributed by atoms with van der Waals surface area (Å²) in [4.78, 5) is 34.9. The molecule has 37 heavy (non-hydrogen) atoms. The summed E-state index contributed by atoms with van der Waals surface area (Å²) < 4.78 is 14.6. The molecule has 2 heterocycles. The molecule has 13 nitrogen and oxygen atoms in total. The minimum Gasteiger partial charge on any atom is -0.492 e. The van der Waals surface area contributed by atoms with Gasteiger partial charge in [-0.25, -0.2) is 9.78 Å². The standard InChI is InChI=1S/C24H34N8O5/c1-5-7-18-20-21(31(4)29-18)22(33)32(15(3)27-20)12-13-36-17-10-8-16(9-11-17)14-19(35-6-2)23(34)37-30-24(25)28-26/h8-11,19H,5-7,12-14,26H2,1-4H3,(H3,25,28,30). The third-order valence-corrected chi connectivity index (χ3v) is 5.64. The van der Waals surface area contributed by atoms with Crippen molar-refractivity contribution < 1.29 is 19.1 Å². The van der Waals surface area contributed by atoms with Gasteiger partial charge in [-0.05, 0) is 38.0 Å². The largest absolute Gasteiger partial charge is 0.492 e. The molecule has 1 aromatic carbocycles. The summed E-state index contributed by atoms with van der Waals surface area (Å²) in [6.07, 6.45) is 1.12. The molecule has 0 aliphatic carbocycles. The van der Waals surface area contributed by atoms with Gasteiger partial charge in [0.2, 0.25) is 5.96 Å². The number of hydrazone groups is 1. The monoisotopic (exact) mass is 514 g/mol. The van der Waals surface area contributed by atoms with E-state index in [0.717, 1.165) is 24.1 Å². The molecule has 1 atom stereocenters. The van der Waals surface area contributed by atoms with Crippen molar-refractivity contribution in [3.63, 3.8) is 0 Å². The van der Waals surface area contributed by atoms with Gasteiger partial charge in [0.25, 0.3) is 5.56 Å². The van der Waals surface area contributed by atoms with E-state index in [1.165, 1.54) is 0 Å². The Morgan fingerprint density at radius 3 is 2.62 bits per heavy atom. The number of benzene rings is 1. The molecule has 0 amide bonds. The Morgan fingerprint density at radius 1 is 1.24 bits per heavy atom. The summed E-state index contributed by atoms with van der Waals surface area (Å²) in [5.74, 6) is 5.34. The fourth-order valence-electron chi connectivity index (χ4n) is 3.89. The lowest BCUT2D eigenvalue weighted by Crippen LogP contribution is -2.39. The summed E-state index contributed by atoms with van der Waals surface area (Å²) in [6.45, 7) is 6.59. The van der Waals surface area contributed by atoms with Crippen LogP contribution in [0.3, 0.4) is 0 Å². The van der Waals surface area contributed by atoms with E-state index in [4.69, 9.17) is 25.9 Å². The van der Waals surface area contributed by atoms with Crippen LogP contribution in [0.15, 0.2) is 34.2 Å². The predicted molar refractivity (Wildman–Crippen MR) is 138 cm³/mol. The zero-order valence-corrected chi connectivity index (χ0v) is 21.6. The maximum Gasteiger partial charge on any atom is 0.361 e. The molecule has 200 valence electrons. The molecular weight excluding hydrogens is 480 g/mol. The van der Waals surface area contributed by atoms with Gasteiger partial charge in [0.15, 0.2) is 11.6 Å². The number of aryl methyl sites for hydroxylation is 3. The Balaban J connectivity index is 1.62. The number of ether oxygens (including phenoxy) is 2. The smallest absolute Gasteiger partial charge is 0.361 e. The lowest BCUT2D eigenvalue weighted by atomic mass is 10.1. The van der Waals surface area contributed by atoms with Gasteiger partial charge >= 0.3 is 5.97 Å². The molecule has 0 bridgehead atoms. The third kappa shape index (κ3) is 6.76. The van der Waals surface area contributed by atoms with Gasteiger partial charge in [0, 0.05) is 20.1 Å². The van der Waals surface area contributed by atoms with E-state index in [2.05, 4.69) is 27.6 Å². The summed E-state index contributed by atoms with van der Waals surface area (Å²) in [5, 5.41) is 7.64. The molecule has 2 aromatic heterocycles. The van der Waals surface area contributed by atoms with Crippen LogP contribution in [0.4, 0.5) is 0 Å². The molecule has 3 rings (SSSR count). The fourth-order valence-corrected chi connectivity index (χ4v) is 3.89. The van der Waals surface area contributed by atoms with Crippen molar-refractivity contribution >= 4 is 23.0 Å². The number of nitrogens with two attached hydrogens (primary N) is 2. The van der Waals surface area contributed by atoms with Crippen molar-refractivity contribution in [3.8, 4) is 5.75 Å². The van der Waals surface area contributed by atoms with E-state index in [1.807, 2.05) is 19.1 Å². The first-order valence-corrected chi connectivity index (χ1v) is 12.0. The third-order valence-electron chi connectivity index (χ3n) is 5.64. The Hall–Kier alpha value is -4.13. The zero-order chi connectivity index (χ0) is 26.9. The van der Waals surface area contributed by atoms with Crippen LogP contribution in [0.1, 0.15) is 37.4 Å². The van der Waals surface area contributed by atoms with Gasteiger partial charge in [-0.15, -0.1) is 5.10 Å². The number of aromatic nitrogens is 4. The van der Waals surface area contributed by atoms with Crippen molar-refractivity contribution in [1.29, 1.82) is 0 Å². The Morgan fingerprint density at radius 2 is 1.97 bits per heavy atom. The fraction of sp³-hybridized carbons (Fsp3) is 0.458. The van der Waals surface area contributed by atoms with Crippen LogP contribution in [0.5, 0.6) is 5.75 Å². The number of hydrogen-bond donors (Lipinski definition) is 3. The first-order chi connectivity index (χ1) is 17.8. The van der Waals surface area contributed by atoms with Gasteiger partial charge in [-0.2, -0.15) is 10.6 Å².